The maximum Gasteiger partial charge on any atom is 0.278 e. The van der Waals surface area contributed by atoms with Crippen LogP contribution in [0.5, 0.6) is 11.5 Å². The van der Waals surface area contributed by atoms with Gasteiger partial charge >= 0.3 is 0 Å². The topological polar surface area (TPSA) is 104 Å². The first-order chi connectivity index (χ1) is 15.9. The summed E-state index contributed by atoms with van der Waals surface area (Å²) >= 11 is 5.95. The number of rotatable bonds is 7. The SMILES string of the molecule is COc1ccc(NC(=O)c2nnn(Cc3nc(-c4ccc(Cl)cc4)oc3C)c2C)cc1OC. The number of aromatic nitrogens is 4. The van der Waals surface area contributed by atoms with Crippen LogP contribution in [0.4, 0.5) is 5.69 Å². The van der Waals surface area contributed by atoms with Gasteiger partial charge in [0.15, 0.2) is 17.2 Å². The van der Waals surface area contributed by atoms with Crippen molar-refractivity contribution in [1.29, 1.82) is 0 Å². The molecule has 2 aromatic carbocycles. The molecule has 0 saturated heterocycles. The summed E-state index contributed by atoms with van der Waals surface area (Å²) in [5, 5.41) is 11.6. The molecule has 1 N–H and O–H groups in total. The van der Waals surface area contributed by atoms with Crippen molar-refractivity contribution in [3.05, 3.63) is 70.3 Å². The summed E-state index contributed by atoms with van der Waals surface area (Å²) in [7, 11) is 3.08. The summed E-state index contributed by atoms with van der Waals surface area (Å²) in [5.41, 5.74) is 2.87. The molecule has 4 rings (SSSR count). The maximum atomic E-state index is 12.8. The minimum atomic E-state index is -0.385. The summed E-state index contributed by atoms with van der Waals surface area (Å²) in [4.78, 5) is 17.4. The highest BCUT2D eigenvalue weighted by molar-refractivity contribution is 6.30. The van der Waals surface area contributed by atoms with Gasteiger partial charge in [0.1, 0.15) is 11.5 Å². The number of benzene rings is 2. The Hall–Kier alpha value is -3.85. The number of amides is 1. The van der Waals surface area contributed by atoms with Crippen molar-refractivity contribution in [3.8, 4) is 23.0 Å². The van der Waals surface area contributed by atoms with Gasteiger partial charge < -0.3 is 19.2 Å². The van der Waals surface area contributed by atoms with Crippen molar-refractivity contribution in [1.82, 2.24) is 20.0 Å². The molecule has 0 spiro atoms. The number of hydrogen-bond acceptors (Lipinski definition) is 7. The van der Waals surface area contributed by atoms with Crippen LogP contribution in [0.15, 0.2) is 46.9 Å². The van der Waals surface area contributed by atoms with E-state index in [0.717, 1.165) is 5.56 Å². The van der Waals surface area contributed by atoms with Crippen LogP contribution in [-0.4, -0.2) is 40.1 Å². The van der Waals surface area contributed by atoms with Crippen molar-refractivity contribution < 1.29 is 18.7 Å². The zero-order chi connectivity index (χ0) is 23.5. The summed E-state index contributed by atoms with van der Waals surface area (Å²) in [5.74, 6) is 1.84. The van der Waals surface area contributed by atoms with Gasteiger partial charge in [0.25, 0.3) is 5.91 Å². The molecule has 0 aliphatic heterocycles. The predicted octanol–water partition coefficient (Wildman–Crippen LogP) is 4.52. The molecule has 0 aliphatic rings. The number of carbonyl (C=O) groups is 1. The van der Waals surface area contributed by atoms with Crippen LogP contribution in [0, 0.1) is 13.8 Å². The monoisotopic (exact) mass is 467 g/mol. The van der Waals surface area contributed by atoms with Crippen molar-refractivity contribution in [2.45, 2.75) is 20.4 Å². The molecule has 4 aromatic rings. The third-order valence-corrected chi connectivity index (χ3v) is 5.37. The van der Waals surface area contributed by atoms with Crippen LogP contribution in [0.1, 0.15) is 27.6 Å². The number of aryl methyl sites for hydroxylation is 1. The zero-order valence-electron chi connectivity index (χ0n) is 18.5. The van der Waals surface area contributed by atoms with E-state index in [2.05, 4.69) is 20.6 Å². The highest BCUT2D eigenvalue weighted by atomic mass is 35.5. The smallest absolute Gasteiger partial charge is 0.278 e. The van der Waals surface area contributed by atoms with E-state index in [1.807, 2.05) is 19.1 Å². The van der Waals surface area contributed by atoms with E-state index in [1.165, 1.54) is 7.11 Å². The molecule has 0 bridgehead atoms. The first-order valence-corrected chi connectivity index (χ1v) is 10.4. The van der Waals surface area contributed by atoms with E-state index in [0.29, 0.717) is 51.8 Å². The molecular formula is C23H22ClN5O4. The summed E-state index contributed by atoms with van der Waals surface area (Å²) in [6.45, 7) is 3.92. The van der Waals surface area contributed by atoms with E-state index in [9.17, 15) is 4.79 Å². The third kappa shape index (κ3) is 4.68. The van der Waals surface area contributed by atoms with E-state index in [-0.39, 0.29) is 11.6 Å². The lowest BCUT2D eigenvalue weighted by Gasteiger charge is -2.10. The van der Waals surface area contributed by atoms with Crippen LogP contribution in [-0.2, 0) is 6.54 Å². The van der Waals surface area contributed by atoms with Crippen LogP contribution in [0.2, 0.25) is 5.02 Å². The van der Waals surface area contributed by atoms with Crippen LogP contribution >= 0.6 is 11.6 Å². The Morgan fingerprint density at radius 1 is 1.09 bits per heavy atom. The quantitative estimate of drug-likeness (QED) is 0.426. The van der Waals surface area contributed by atoms with E-state index >= 15 is 0 Å². The molecule has 0 fully saturated rings. The summed E-state index contributed by atoms with van der Waals surface area (Å²) in [6.07, 6.45) is 0. The number of hydrogen-bond donors (Lipinski definition) is 1. The molecule has 0 atom stereocenters. The standard InChI is InChI=1S/C23H22ClN5O4/c1-13-21(22(30)25-17-9-10-19(31-3)20(11-17)32-4)27-28-29(13)12-18-14(2)33-23(26-18)15-5-7-16(24)8-6-15/h5-11H,12H2,1-4H3,(H,25,30). The Kier molecular flexibility index (Phi) is 6.32. The Morgan fingerprint density at radius 3 is 2.52 bits per heavy atom. The highest BCUT2D eigenvalue weighted by Crippen LogP contribution is 2.30. The molecule has 9 nitrogen and oxygen atoms in total. The molecular weight excluding hydrogens is 446 g/mol. The highest BCUT2D eigenvalue weighted by Gasteiger charge is 2.20. The number of ether oxygens (including phenoxy) is 2. The van der Waals surface area contributed by atoms with E-state index in [4.69, 9.17) is 25.5 Å². The number of methoxy groups -OCH3 is 2. The number of nitrogens with zero attached hydrogens (tertiary/aromatic N) is 4. The second-order valence-corrected chi connectivity index (χ2v) is 7.67. The van der Waals surface area contributed by atoms with E-state index < -0.39 is 0 Å². The molecule has 170 valence electrons. The average Bonchev–Trinajstić information content (AvgIpc) is 3.36. The van der Waals surface area contributed by atoms with Crippen LogP contribution in [0.25, 0.3) is 11.5 Å². The summed E-state index contributed by atoms with van der Waals surface area (Å²) < 4.78 is 17.9. The Bertz CT molecular complexity index is 1300. The molecule has 33 heavy (non-hydrogen) atoms. The molecule has 0 saturated carbocycles. The largest absolute Gasteiger partial charge is 0.493 e. The van der Waals surface area contributed by atoms with Gasteiger partial charge in [0, 0.05) is 22.3 Å². The molecule has 2 aromatic heterocycles. The molecule has 10 heteroatoms. The molecule has 2 heterocycles. The summed E-state index contributed by atoms with van der Waals surface area (Å²) in [6, 6.07) is 12.3. The fraction of sp³-hybridized carbons (Fsp3) is 0.217. The van der Waals surface area contributed by atoms with Gasteiger partial charge in [-0.15, -0.1) is 5.10 Å². The average molecular weight is 468 g/mol. The van der Waals surface area contributed by atoms with Crippen molar-refractivity contribution >= 4 is 23.2 Å². The minimum absolute atomic E-state index is 0.212. The maximum absolute atomic E-state index is 12.8. The first-order valence-electron chi connectivity index (χ1n) is 10.0. The molecule has 0 aliphatic carbocycles. The van der Waals surface area contributed by atoms with E-state index in [1.54, 1.807) is 49.0 Å². The minimum Gasteiger partial charge on any atom is -0.493 e. The normalized spacial score (nSPS) is 10.8. The number of halogens is 1. The van der Waals surface area contributed by atoms with Gasteiger partial charge in [-0.25, -0.2) is 9.67 Å². The third-order valence-electron chi connectivity index (χ3n) is 5.12. The zero-order valence-corrected chi connectivity index (χ0v) is 19.3. The molecule has 0 unspecified atom stereocenters. The van der Waals surface area contributed by atoms with Crippen molar-refractivity contribution in [2.75, 3.05) is 19.5 Å². The van der Waals surface area contributed by atoms with Gasteiger partial charge in [-0.05, 0) is 50.2 Å². The van der Waals surface area contributed by atoms with Crippen molar-refractivity contribution in [3.63, 3.8) is 0 Å². The Labute approximate surface area is 195 Å². The predicted molar refractivity (Wildman–Crippen MR) is 123 cm³/mol. The molecule has 1 amide bonds. The number of carbonyl (C=O) groups excluding carboxylic acids is 1. The van der Waals surface area contributed by atoms with Crippen LogP contribution in [0.3, 0.4) is 0 Å². The second kappa shape index (κ2) is 9.33. The van der Waals surface area contributed by atoms with Gasteiger partial charge in [0.05, 0.1) is 26.5 Å². The fourth-order valence-corrected chi connectivity index (χ4v) is 3.38. The lowest BCUT2D eigenvalue weighted by molar-refractivity contribution is 0.102. The number of nitrogens with one attached hydrogen (secondary N) is 1. The first kappa shape index (κ1) is 22.3. The van der Waals surface area contributed by atoms with Crippen molar-refractivity contribution in [2.24, 2.45) is 0 Å². The lowest BCUT2D eigenvalue weighted by atomic mass is 10.2. The van der Waals surface area contributed by atoms with Crippen LogP contribution < -0.4 is 14.8 Å². The Morgan fingerprint density at radius 2 is 1.82 bits per heavy atom. The number of oxazole rings is 1. The fourth-order valence-electron chi connectivity index (χ4n) is 3.26. The van der Waals surface area contributed by atoms with Gasteiger partial charge in [0.2, 0.25) is 5.89 Å². The number of anilines is 1. The Balaban J connectivity index is 1.51. The van der Waals surface area contributed by atoms with Gasteiger partial charge in [-0.2, -0.15) is 0 Å². The van der Waals surface area contributed by atoms with Gasteiger partial charge in [-0.1, -0.05) is 16.8 Å². The van der Waals surface area contributed by atoms with Gasteiger partial charge in [-0.3, -0.25) is 4.79 Å². The lowest BCUT2D eigenvalue weighted by Crippen LogP contribution is -2.14. The second-order valence-electron chi connectivity index (χ2n) is 7.23. The molecule has 0 radical (unpaired) electrons.